The van der Waals surface area contributed by atoms with Crippen LogP contribution in [0.15, 0.2) is 95.9 Å². The summed E-state index contributed by atoms with van der Waals surface area (Å²) >= 11 is 0. The Morgan fingerprint density at radius 3 is 2.38 bits per heavy atom. The summed E-state index contributed by atoms with van der Waals surface area (Å²) < 4.78 is 28.7. The third kappa shape index (κ3) is 3.85. The number of aryl methyl sites for hydroxylation is 1. The average Bonchev–Trinajstić information content (AvgIpc) is 2.83. The molecule has 1 N–H and O–H groups in total. The van der Waals surface area contributed by atoms with Gasteiger partial charge >= 0.3 is 0 Å². The highest BCUT2D eigenvalue weighted by atomic mass is 32.2. The second kappa shape index (κ2) is 8.13. The number of amides is 1. The van der Waals surface area contributed by atoms with Gasteiger partial charge in [0.05, 0.1) is 4.90 Å². The lowest BCUT2D eigenvalue weighted by Crippen LogP contribution is -2.35. The van der Waals surface area contributed by atoms with Crippen LogP contribution in [0.1, 0.15) is 22.3 Å². The molecule has 160 valence electrons. The van der Waals surface area contributed by atoms with Crippen molar-refractivity contribution in [3.05, 3.63) is 102 Å². The van der Waals surface area contributed by atoms with Crippen molar-refractivity contribution in [2.45, 2.75) is 17.7 Å². The summed E-state index contributed by atoms with van der Waals surface area (Å²) in [4.78, 5) is 15.0. The fourth-order valence-electron chi connectivity index (χ4n) is 4.16. The molecule has 1 aliphatic rings. The van der Waals surface area contributed by atoms with Crippen LogP contribution in [0.5, 0.6) is 0 Å². The van der Waals surface area contributed by atoms with Gasteiger partial charge in [-0.3, -0.25) is 9.52 Å². The molecule has 1 amide bonds. The third-order valence-corrected chi connectivity index (χ3v) is 7.13. The first-order valence-electron chi connectivity index (χ1n) is 10.5. The predicted octanol–water partition coefficient (Wildman–Crippen LogP) is 5.23. The van der Waals surface area contributed by atoms with Crippen molar-refractivity contribution in [3.63, 3.8) is 0 Å². The molecule has 0 unspecified atom stereocenters. The topological polar surface area (TPSA) is 66.5 Å². The van der Waals surface area contributed by atoms with Gasteiger partial charge in [0.1, 0.15) is 0 Å². The van der Waals surface area contributed by atoms with Crippen LogP contribution in [0.2, 0.25) is 0 Å². The maximum absolute atomic E-state index is 13.0. The number of hydrogen-bond donors (Lipinski definition) is 1. The minimum atomic E-state index is -3.73. The maximum atomic E-state index is 13.0. The number of nitrogens with zero attached hydrogens (tertiary/aromatic N) is 1. The molecule has 5 rings (SSSR count). The zero-order chi connectivity index (χ0) is 22.1. The number of anilines is 2. The summed E-state index contributed by atoms with van der Waals surface area (Å²) in [5.41, 5.74) is 2.92. The lowest BCUT2D eigenvalue weighted by molar-refractivity contribution is 0.0985. The second-order valence-corrected chi connectivity index (χ2v) is 9.57. The van der Waals surface area contributed by atoms with E-state index in [0.29, 0.717) is 17.8 Å². The van der Waals surface area contributed by atoms with Crippen LogP contribution in [0, 0.1) is 0 Å². The monoisotopic (exact) mass is 442 g/mol. The molecule has 5 nitrogen and oxygen atoms in total. The van der Waals surface area contributed by atoms with E-state index in [1.807, 2.05) is 72.8 Å². The number of carbonyl (C=O) groups is 1. The number of rotatable bonds is 4. The van der Waals surface area contributed by atoms with Gasteiger partial charge < -0.3 is 4.90 Å². The second-order valence-electron chi connectivity index (χ2n) is 7.88. The van der Waals surface area contributed by atoms with Gasteiger partial charge in [-0.25, -0.2) is 8.42 Å². The zero-order valence-electron chi connectivity index (χ0n) is 17.4. The summed E-state index contributed by atoms with van der Waals surface area (Å²) in [6, 6.07) is 27.3. The SMILES string of the molecule is O=C(c1ccccc1)N1CCCc2cc(NS(=O)(=O)c3ccc4ccccc4c3)ccc21. The van der Waals surface area contributed by atoms with Gasteiger partial charge in [-0.15, -0.1) is 0 Å². The number of sulfonamides is 1. The highest BCUT2D eigenvalue weighted by Crippen LogP contribution is 2.32. The first-order chi connectivity index (χ1) is 15.5. The molecule has 0 fully saturated rings. The smallest absolute Gasteiger partial charge is 0.261 e. The molecule has 0 radical (unpaired) electrons. The van der Waals surface area contributed by atoms with E-state index in [4.69, 9.17) is 0 Å². The Morgan fingerprint density at radius 1 is 0.812 bits per heavy atom. The molecule has 0 saturated heterocycles. The Hall–Kier alpha value is -3.64. The molecule has 0 aliphatic carbocycles. The molecule has 0 saturated carbocycles. The van der Waals surface area contributed by atoms with Crippen LogP contribution in [0.3, 0.4) is 0 Å². The number of benzene rings is 4. The first-order valence-corrected chi connectivity index (χ1v) is 12.0. The van der Waals surface area contributed by atoms with E-state index in [9.17, 15) is 13.2 Å². The highest BCUT2D eigenvalue weighted by molar-refractivity contribution is 7.92. The molecular weight excluding hydrogens is 420 g/mol. The summed E-state index contributed by atoms with van der Waals surface area (Å²) in [5, 5.41) is 1.86. The van der Waals surface area contributed by atoms with Crippen LogP contribution >= 0.6 is 0 Å². The molecule has 32 heavy (non-hydrogen) atoms. The van der Waals surface area contributed by atoms with E-state index in [0.717, 1.165) is 34.9 Å². The molecule has 1 heterocycles. The van der Waals surface area contributed by atoms with E-state index in [1.165, 1.54) is 0 Å². The molecule has 0 spiro atoms. The number of fused-ring (bicyclic) bond motifs is 2. The van der Waals surface area contributed by atoms with Crippen LogP contribution < -0.4 is 9.62 Å². The summed E-state index contributed by atoms with van der Waals surface area (Å²) in [6.07, 6.45) is 1.62. The predicted molar refractivity (Wildman–Crippen MR) is 128 cm³/mol. The van der Waals surface area contributed by atoms with Gasteiger partial charge in [-0.2, -0.15) is 0 Å². The largest absolute Gasteiger partial charge is 0.308 e. The number of nitrogens with one attached hydrogen (secondary N) is 1. The van der Waals surface area contributed by atoms with Crippen molar-refractivity contribution >= 4 is 38.1 Å². The normalized spacial score (nSPS) is 13.6. The van der Waals surface area contributed by atoms with Crippen molar-refractivity contribution in [2.24, 2.45) is 0 Å². The lowest BCUT2D eigenvalue weighted by atomic mass is 10.00. The maximum Gasteiger partial charge on any atom is 0.261 e. The molecule has 4 aromatic carbocycles. The van der Waals surface area contributed by atoms with Crippen molar-refractivity contribution in [1.82, 2.24) is 0 Å². The Labute approximate surface area is 187 Å². The molecular formula is C26H22N2O3S. The lowest BCUT2D eigenvalue weighted by Gasteiger charge is -2.30. The van der Waals surface area contributed by atoms with Gasteiger partial charge in [0.2, 0.25) is 0 Å². The summed E-state index contributed by atoms with van der Waals surface area (Å²) in [7, 11) is -3.73. The van der Waals surface area contributed by atoms with Crippen molar-refractivity contribution in [1.29, 1.82) is 0 Å². The minimum absolute atomic E-state index is 0.0453. The molecule has 6 heteroatoms. The van der Waals surface area contributed by atoms with Crippen LogP contribution in [0.4, 0.5) is 11.4 Å². The zero-order valence-corrected chi connectivity index (χ0v) is 18.2. The van der Waals surface area contributed by atoms with Crippen LogP contribution in [0.25, 0.3) is 10.8 Å². The molecule has 1 aliphatic heterocycles. The van der Waals surface area contributed by atoms with Crippen molar-refractivity contribution in [2.75, 3.05) is 16.2 Å². The average molecular weight is 443 g/mol. The van der Waals surface area contributed by atoms with Gasteiger partial charge in [-0.1, -0.05) is 48.5 Å². The third-order valence-electron chi connectivity index (χ3n) is 5.75. The van der Waals surface area contributed by atoms with Crippen LogP contribution in [-0.2, 0) is 16.4 Å². The Balaban J connectivity index is 1.42. The van der Waals surface area contributed by atoms with Crippen molar-refractivity contribution < 1.29 is 13.2 Å². The Morgan fingerprint density at radius 2 is 1.56 bits per heavy atom. The molecule has 0 bridgehead atoms. The summed E-state index contributed by atoms with van der Waals surface area (Å²) in [5.74, 6) is -0.0453. The Bertz CT molecular complexity index is 1420. The van der Waals surface area contributed by atoms with Crippen LogP contribution in [-0.4, -0.2) is 20.9 Å². The van der Waals surface area contributed by atoms with E-state index >= 15 is 0 Å². The molecule has 0 aromatic heterocycles. The quantitative estimate of drug-likeness (QED) is 0.470. The fraction of sp³-hybridized carbons (Fsp3) is 0.115. The number of hydrogen-bond acceptors (Lipinski definition) is 3. The number of carbonyl (C=O) groups excluding carboxylic acids is 1. The van der Waals surface area contributed by atoms with Crippen molar-refractivity contribution in [3.8, 4) is 0 Å². The molecule has 0 atom stereocenters. The van der Waals surface area contributed by atoms with Gasteiger partial charge in [-0.05, 0) is 71.6 Å². The minimum Gasteiger partial charge on any atom is -0.308 e. The summed E-state index contributed by atoms with van der Waals surface area (Å²) in [6.45, 7) is 0.642. The van der Waals surface area contributed by atoms with Gasteiger partial charge in [0, 0.05) is 23.5 Å². The van der Waals surface area contributed by atoms with Gasteiger partial charge in [0.15, 0.2) is 0 Å². The van der Waals surface area contributed by atoms with E-state index in [1.54, 1.807) is 23.1 Å². The van der Waals surface area contributed by atoms with E-state index in [2.05, 4.69) is 4.72 Å². The molecule has 4 aromatic rings. The standard InChI is InChI=1S/C26H22N2O3S/c29-26(20-8-2-1-3-9-20)28-16-6-11-22-17-23(13-15-25(22)28)27-32(30,31)24-14-12-19-7-4-5-10-21(19)18-24/h1-5,7-10,12-15,17-18,27H,6,11,16H2. The highest BCUT2D eigenvalue weighted by Gasteiger charge is 2.24. The fourth-order valence-corrected chi connectivity index (χ4v) is 5.24. The Kier molecular flexibility index (Phi) is 5.15. The van der Waals surface area contributed by atoms with E-state index in [-0.39, 0.29) is 10.8 Å². The van der Waals surface area contributed by atoms with E-state index < -0.39 is 10.0 Å². The first kappa shape index (κ1) is 20.3. The van der Waals surface area contributed by atoms with Gasteiger partial charge in [0.25, 0.3) is 15.9 Å².